The normalized spacial score (nSPS) is 14.6. The fourth-order valence-corrected chi connectivity index (χ4v) is 3.52. The van der Waals surface area contributed by atoms with Gasteiger partial charge in [-0.05, 0) is 30.9 Å². The van der Waals surface area contributed by atoms with Crippen LogP contribution in [-0.2, 0) is 0 Å². The van der Waals surface area contributed by atoms with Crippen molar-refractivity contribution in [3.63, 3.8) is 0 Å². The second-order valence-electron chi connectivity index (χ2n) is 5.92. The highest BCUT2D eigenvalue weighted by Gasteiger charge is 2.20. The topological polar surface area (TPSA) is 30.0 Å². The summed E-state index contributed by atoms with van der Waals surface area (Å²) in [5.74, 6) is 6.96. The van der Waals surface area contributed by atoms with Gasteiger partial charge in [0.1, 0.15) is 0 Å². The summed E-state index contributed by atoms with van der Waals surface area (Å²) in [7, 11) is 0. The van der Waals surface area contributed by atoms with Crippen molar-refractivity contribution in [1.29, 1.82) is 0 Å². The molecule has 0 amide bonds. The maximum atomic E-state index is 12.2. The van der Waals surface area contributed by atoms with Crippen LogP contribution in [0.1, 0.15) is 57.9 Å². The van der Waals surface area contributed by atoms with Crippen LogP contribution in [0.2, 0.25) is 0 Å². The molecule has 112 valence electrons. The Hall–Kier alpha value is -1.92. The molecule has 3 heteroatoms. The van der Waals surface area contributed by atoms with E-state index in [1.54, 1.807) is 6.20 Å². The first-order chi connectivity index (χ1) is 10.7. The molecule has 0 unspecified atom stereocenters. The Morgan fingerprint density at radius 1 is 1.23 bits per heavy atom. The molecule has 1 heterocycles. The summed E-state index contributed by atoms with van der Waals surface area (Å²) in [6.45, 7) is 2.06. The Morgan fingerprint density at radius 3 is 2.68 bits per heavy atom. The van der Waals surface area contributed by atoms with E-state index in [4.69, 9.17) is 0 Å². The standard InChI is InChI=1S/C19H19NOS/c1-14-6-8-15(9-7-14)10-11-19-20-13-18(22-19)17(21)12-16-4-2-3-5-16/h6-9,13,16H,2-5,12H2,1H3. The highest BCUT2D eigenvalue weighted by molar-refractivity contribution is 7.14. The summed E-state index contributed by atoms with van der Waals surface area (Å²) in [5, 5.41) is 0.718. The third-order valence-electron chi connectivity index (χ3n) is 4.09. The summed E-state index contributed by atoms with van der Waals surface area (Å²) in [6.07, 6.45) is 7.30. The van der Waals surface area contributed by atoms with Crippen molar-refractivity contribution in [3.05, 3.63) is 51.5 Å². The van der Waals surface area contributed by atoms with Crippen LogP contribution in [-0.4, -0.2) is 10.8 Å². The average Bonchev–Trinajstić information content (AvgIpc) is 3.18. The van der Waals surface area contributed by atoms with E-state index in [0.29, 0.717) is 12.3 Å². The maximum absolute atomic E-state index is 12.2. The van der Waals surface area contributed by atoms with Crippen molar-refractivity contribution >= 4 is 17.1 Å². The minimum absolute atomic E-state index is 0.229. The Labute approximate surface area is 135 Å². The predicted octanol–water partition coefficient (Wildman–Crippen LogP) is 4.61. The van der Waals surface area contributed by atoms with Crippen LogP contribution in [0.4, 0.5) is 0 Å². The van der Waals surface area contributed by atoms with Gasteiger partial charge in [0.15, 0.2) is 10.8 Å². The summed E-state index contributed by atoms with van der Waals surface area (Å²) in [5.41, 5.74) is 2.19. The average molecular weight is 309 g/mol. The van der Waals surface area contributed by atoms with Gasteiger partial charge in [0, 0.05) is 12.0 Å². The van der Waals surface area contributed by atoms with Gasteiger partial charge < -0.3 is 0 Å². The van der Waals surface area contributed by atoms with Crippen LogP contribution in [0.3, 0.4) is 0 Å². The van der Waals surface area contributed by atoms with Gasteiger partial charge >= 0.3 is 0 Å². The van der Waals surface area contributed by atoms with E-state index in [1.807, 2.05) is 24.3 Å². The van der Waals surface area contributed by atoms with Gasteiger partial charge in [-0.15, -0.1) is 11.3 Å². The van der Waals surface area contributed by atoms with Gasteiger partial charge in [0.05, 0.1) is 11.1 Å². The number of rotatable bonds is 3. The lowest BCUT2D eigenvalue weighted by Gasteiger charge is -2.05. The first-order valence-electron chi connectivity index (χ1n) is 7.78. The number of thiazole rings is 1. The number of aryl methyl sites for hydroxylation is 1. The minimum Gasteiger partial charge on any atom is -0.293 e. The molecule has 1 aromatic carbocycles. The molecule has 1 aliphatic rings. The van der Waals surface area contributed by atoms with Crippen LogP contribution in [0, 0.1) is 24.7 Å². The predicted molar refractivity (Wildman–Crippen MR) is 90.2 cm³/mol. The number of carbonyl (C=O) groups is 1. The molecule has 3 rings (SSSR count). The molecule has 0 aliphatic heterocycles. The zero-order chi connectivity index (χ0) is 15.4. The summed E-state index contributed by atoms with van der Waals surface area (Å²) < 4.78 is 0. The summed E-state index contributed by atoms with van der Waals surface area (Å²) in [4.78, 5) is 17.3. The fraction of sp³-hybridized carbons (Fsp3) is 0.368. The molecule has 0 atom stereocenters. The van der Waals surface area contributed by atoms with Crippen molar-refractivity contribution in [2.45, 2.75) is 39.0 Å². The van der Waals surface area contributed by atoms with Crippen molar-refractivity contribution in [2.24, 2.45) is 5.92 Å². The molecule has 2 aromatic rings. The van der Waals surface area contributed by atoms with Crippen molar-refractivity contribution < 1.29 is 4.79 Å². The van der Waals surface area contributed by atoms with E-state index in [9.17, 15) is 4.79 Å². The van der Waals surface area contributed by atoms with E-state index in [-0.39, 0.29) is 5.78 Å². The summed E-state index contributed by atoms with van der Waals surface area (Å²) in [6, 6.07) is 8.09. The van der Waals surface area contributed by atoms with Crippen LogP contribution in [0.5, 0.6) is 0 Å². The van der Waals surface area contributed by atoms with E-state index in [2.05, 4.69) is 23.7 Å². The van der Waals surface area contributed by atoms with Gasteiger partial charge in [0.2, 0.25) is 0 Å². The van der Waals surface area contributed by atoms with Crippen LogP contribution in [0.25, 0.3) is 0 Å². The lowest BCUT2D eigenvalue weighted by Crippen LogP contribution is -2.03. The molecule has 0 radical (unpaired) electrons. The van der Waals surface area contributed by atoms with Gasteiger partial charge in [-0.25, -0.2) is 4.98 Å². The largest absolute Gasteiger partial charge is 0.293 e. The van der Waals surface area contributed by atoms with E-state index >= 15 is 0 Å². The Morgan fingerprint density at radius 2 is 1.95 bits per heavy atom. The number of aromatic nitrogens is 1. The third kappa shape index (κ3) is 3.84. The Bertz CT molecular complexity index is 712. The monoisotopic (exact) mass is 309 g/mol. The zero-order valence-electron chi connectivity index (χ0n) is 12.8. The van der Waals surface area contributed by atoms with Crippen LogP contribution >= 0.6 is 11.3 Å². The van der Waals surface area contributed by atoms with E-state index in [0.717, 1.165) is 15.4 Å². The van der Waals surface area contributed by atoms with Crippen molar-refractivity contribution in [3.8, 4) is 11.8 Å². The SMILES string of the molecule is Cc1ccc(C#Cc2ncc(C(=O)CC3CCCC3)s2)cc1. The quantitative estimate of drug-likeness (QED) is 0.612. The van der Waals surface area contributed by atoms with Gasteiger partial charge in [0.25, 0.3) is 0 Å². The van der Waals surface area contributed by atoms with E-state index < -0.39 is 0 Å². The molecule has 1 fully saturated rings. The van der Waals surface area contributed by atoms with Crippen molar-refractivity contribution in [1.82, 2.24) is 4.98 Å². The number of ketones is 1. The lowest BCUT2D eigenvalue weighted by molar-refractivity contribution is 0.0966. The molecule has 0 bridgehead atoms. The Balaban J connectivity index is 1.66. The fourth-order valence-electron chi connectivity index (χ4n) is 2.80. The third-order valence-corrected chi connectivity index (χ3v) is 5.05. The first kappa shape index (κ1) is 15.0. The second-order valence-corrected chi connectivity index (χ2v) is 6.95. The van der Waals surface area contributed by atoms with E-state index in [1.165, 1.54) is 42.6 Å². The number of carbonyl (C=O) groups excluding carboxylic acids is 1. The molecule has 1 aromatic heterocycles. The molecule has 2 nitrogen and oxygen atoms in total. The first-order valence-corrected chi connectivity index (χ1v) is 8.60. The van der Waals surface area contributed by atoms with Gasteiger partial charge in [-0.1, -0.05) is 49.3 Å². The highest BCUT2D eigenvalue weighted by Crippen LogP contribution is 2.29. The van der Waals surface area contributed by atoms with Gasteiger partial charge in [-0.2, -0.15) is 0 Å². The number of hydrogen-bond donors (Lipinski definition) is 0. The number of Topliss-reactive ketones (excluding diaryl/α,β-unsaturated/α-hetero) is 1. The zero-order valence-corrected chi connectivity index (χ0v) is 13.6. The second kappa shape index (κ2) is 6.89. The maximum Gasteiger partial charge on any atom is 0.174 e. The molecular formula is C19H19NOS. The molecule has 1 saturated carbocycles. The molecular weight excluding hydrogens is 290 g/mol. The molecule has 0 saturated heterocycles. The minimum atomic E-state index is 0.229. The Kier molecular flexibility index (Phi) is 4.70. The van der Waals surface area contributed by atoms with Crippen molar-refractivity contribution in [2.75, 3.05) is 0 Å². The number of nitrogens with zero attached hydrogens (tertiary/aromatic N) is 1. The molecule has 22 heavy (non-hydrogen) atoms. The van der Waals surface area contributed by atoms with Crippen LogP contribution < -0.4 is 0 Å². The number of hydrogen-bond acceptors (Lipinski definition) is 3. The van der Waals surface area contributed by atoms with Crippen LogP contribution in [0.15, 0.2) is 30.5 Å². The molecule has 0 N–H and O–H groups in total. The molecule has 0 spiro atoms. The van der Waals surface area contributed by atoms with Gasteiger partial charge in [-0.3, -0.25) is 4.79 Å². The molecule has 1 aliphatic carbocycles. The summed E-state index contributed by atoms with van der Waals surface area (Å²) >= 11 is 1.41. The number of benzene rings is 1. The highest BCUT2D eigenvalue weighted by atomic mass is 32.1. The smallest absolute Gasteiger partial charge is 0.174 e. The lowest BCUT2D eigenvalue weighted by atomic mass is 10.0.